The van der Waals surface area contributed by atoms with E-state index in [0.717, 1.165) is 11.1 Å². The Morgan fingerprint density at radius 2 is 1.63 bits per heavy atom. The summed E-state index contributed by atoms with van der Waals surface area (Å²) in [7, 11) is 0. The van der Waals surface area contributed by atoms with Crippen LogP contribution in [0.25, 0.3) is 0 Å². The van der Waals surface area contributed by atoms with E-state index in [1.807, 2.05) is 60.0 Å². The van der Waals surface area contributed by atoms with E-state index < -0.39 is 29.8 Å². The summed E-state index contributed by atoms with van der Waals surface area (Å²) in [6.07, 6.45) is 0.300. The van der Waals surface area contributed by atoms with E-state index in [2.05, 4.69) is 10.6 Å². The number of amides is 3. The number of nitrogens with one attached hydrogen (secondary N) is 3. The van der Waals surface area contributed by atoms with Crippen LogP contribution in [0.5, 0.6) is 5.75 Å². The molecule has 0 radical (unpaired) electrons. The summed E-state index contributed by atoms with van der Waals surface area (Å²) >= 11 is 0. The first-order valence-corrected chi connectivity index (χ1v) is 9.48. The summed E-state index contributed by atoms with van der Waals surface area (Å²) in [4.78, 5) is 35.2. The molecule has 160 valence electrons. The smallest absolute Gasteiger partial charge is 0.253 e. The fraction of sp³-hybridized carbons (Fsp3) is 0.286. The molecule has 9 nitrogen and oxygen atoms in total. The quantitative estimate of drug-likeness (QED) is 0.206. The van der Waals surface area contributed by atoms with Crippen LogP contribution >= 0.6 is 0 Å². The van der Waals surface area contributed by atoms with Gasteiger partial charge >= 0.3 is 0 Å². The molecule has 2 rings (SSSR count). The molecule has 7 N–H and O–H groups in total. The number of ether oxygens (including phenoxy) is 1. The summed E-state index contributed by atoms with van der Waals surface area (Å²) in [5.41, 5.74) is 9.79. The molecular formula is C21H27N5O4. The van der Waals surface area contributed by atoms with E-state index in [0.29, 0.717) is 18.8 Å². The third-order valence-corrected chi connectivity index (χ3v) is 4.30. The lowest BCUT2D eigenvalue weighted by molar-refractivity contribution is -0.130. The number of rotatable bonds is 10. The fourth-order valence-electron chi connectivity index (χ4n) is 2.57. The van der Waals surface area contributed by atoms with Crippen molar-refractivity contribution >= 4 is 17.7 Å². The average Bonchev–Trinajstić information content (AvgIpc) is 2.77. The molecule has 0 aliphatic rings. The predicted molar refractivity (Wildman–Crippen MR) is 112 cm³/mol. The minimum atomic E-state index is -0.845. The van der Waals surface area contributed by atoms with E-state index in [1.165, 1.54) is 6.92 Å². The van der Waals surface area contributed by atoms with Crippen molar-refractivity contribution in [3.63, 3.8) is 0 Å². The molecule has 0 aliphatic carbocycles. The second-order valence-electron chi connectivity index (χ2n) is 6.74. The van der Waals surface area contributed by atoms with Gasteiger partial charge in [-0.2, -0.15) is 0 Å². The molecule has 0 bridgehead atoms. The number of carbonyl (C=O) groups is 3. The predicted octanol–water partition coefficient (Wildman–Crippen LogP) is -0.254. The highest BCUT2D eigenvalue weighted by Gasteiger charge is 2.20. The van der Waals surface area contributed by atoms with Crippen molar-refractivity contribution in [3.8, 4) is 5.75 Å². The van der Waals surface area contributed by atoms with Gasteiger partial charge in [-0.15, -0.1) is 0 Å². The highest BCUT2D eigenvalue weighted by Crippen LogP contribution is 2.15. The SMILES string of the molecule is C[C@@H](NC(=O)[C@@H](N)Cc1ccc(OCc2ccccc2)cc1)C(=O)NCC(=O)NN. The Kier molecular flexibility index (Phi) is 8.79. The van der Waals surface area contributed by atoms with Crippen LogP contribution in [0.3, 0.4) is 0 Å². The number of carbonyl (C=O) groups excluding carboxylic acids is 3. The van der Waals surface area contributed by atoms with Gasteiger partial charge < -0.3 is 21.1 Å². The number of benzene rings is 2. The Balaban J connectivity index is 1.78. The summed E-state index contributed by atoms with van der Waals surface area (Å²) in [6.45, 7) is 1.69. The first-order valence-electron chi connectivity index (χ1n) is 9.48. The van der Waals surface area contributed by atoms with Crippen LogP contribution in [0.1, 0.15) is 18.1 Å². The van der Waals surface area contributed by atoms with Crippen LogP contribution < -0.4 is 32.4 Å². The molecule has 3 amide bonds. The molecule has 2 aromatic rings. The molecule has 30 heavy (non-hydrogen) atoms. The normalized spacial score (nSPS) is 12.4. The maximum atomic E-state index is 12.2. The van der Waals surface area contributed by atoms with Gasteiger partial charge in [0.1, 0.15) is 18.4 Å². The molecule has 2 aromatic carbocycles. The van der Waals surface area contributed by atoms with Crippen molar-refractivity contribution in [3.05, 3.63) is 65.7 Å². The lowest BCUT2D eigenvalue weighted by Crippen LogP contribution is -2.52. The van der Waals surface area contributed by atoms with Gasteiger partial charge in [0.25, 0.3) is 5.91 Å². The molecule has 0 spiro atoms. The molecule has 0 unspecified atom stereocenters. The zero-order valence-electron chi connectivity index (χ0n) is 16.8. The monoisotopic (exact) mass is 413 g/mol. The Morgan fingerprint density at radius 3 is 2.27 bits per heavy atom. The summed E-state index contributed by atoms with van der Waals surface area (Å²) < 4.78 is 5.74. The number of hydrazine groups is 1. The molecular weight excluding hydrogens is 386 g/mol. The fourth-order valence-corrected chi connectivity index (χ4v) is 2.57. The van der Waals surface area contributed by atoms with E-state index in [4.69, 9.17) is 16.3 Å². The number of nitrogens with two attached hydrogens (primary N) is 2. The van der Waals surface area contributed by atoms with Crippen LogP contribution in [0.15, 0.2) is 54.6 Å². The number of hydrogen-bond acceptors (Lipinski definition) is 6. The molecule has 9 heteroatoms. The van der Waals surface area contributed by atoms with Crippen molar-refractivity contribution in [2.45, 2.75) is 32.0 Å². The maximum absolute atomic E-state index is 12.2. The molecule has 0 aromatic heterocycles. The second kappa shape index (κ2) is 11.5. The van der Waals surface area contributed by atoms with Gasteiger partial charge in [-0.05, 0) is 36.6 Å². The minimum Gasteiger partial charge on any atom is -0.489 e. The maximum Gasteiger partial charge on any atom is 0.253 e. The topological polar surface area (TPSA) is 149 Å². The van der Waals surface area contributed by atoms with Crippen LogP contribution in [0.4, 0.5) is 0 Å². The van der Waals surface area contributed by atoms with Gasteiger partial charge in [-0.1, -0.05) is 42.5 Å². The van der Waals surface area contributed by atoms with Crippen molar-refractivity contribution in [1.82, 2.24) is 16.1 Å². The third kappa shape index (κ3) is 7.53. The van der Waals surface area contributed by atoms with E-state index in [9.17, 15) is 14.4 Å². The van der Waals surface area contributed by atoms with Gasteiger partial charge in [0.15, 0.2) is 0 Å². The molecule has 0 heterocycles. The van der Waals surface area contributed by atoms with Crippen LogP contribution in [-0.4, -0.2) is 36.3 Å². The van der Waals surface area contributed by atoms with E-state index in [1.54, 1.807) is 0 Å². The van der Waals surface area contributed by atoms with Gasteiger partial charge in [0.2, 0.25) is 11.8 Å². The molecule has 0 fully saturated rings. The van der Waals surface area contributed by atoms with Gasteiger partial charge in [0.05, 0.1) is 12.6 Å². The van der Waals surface area contributed by atoms with Crippen LogP contribution in [0, 0.1) is 0 Å². The van der Waals surface area contributed by atoms with Gasteiger partial charge in [-0.3, -0.25) is 19.8 Å². The lowest BCUT2D eigenvalue weighted by atomic mass is 10.1. The summed E-state index contributed by atoms with van der Waals surface area (Å²) in [5, 5.41) is 4.88. The third-order valence-electron chi connectivity index (χ3n) is 4.30. The van der Waals surface area contributed by atoms with Crippen molar-refractivity contribution in [2.24, 2.45) is 11.6 Å². The summed E-state index contributed by atoms with van der Waals surface area (Å²) in [5.74, 6) is 4.12. The van der Waals surface area contributed by atoms with Crippen molar-refractivity contribution in [1.29, 1.82) is 0 Å². The van der Waals surface area contributed by atoms with Crippen molar-refractivity contribution < 1.29 is 19.1 Å². The standard InChI is InChI=1S/C21H27N5O4/c1-14(20(28)24-12-19(27)26-23)25-21(29)18(22)11-15-7-9-17(10-8-15)30-13-16-5-3-2-4-6-16/h2-10,14,18H,11-13,22-23H2,1H3,(H,24,28)(H,25,29)(H,26,27)/t14-,18+/m1/s1. The molecule has 0 saturated heterocycles. The Labute approximate surface area is 175 Å². The Hall–Kier alpha value is -3.43. The highest BCUT2D eigenvalue weighted by atomic mass is 16.5. The number of hydrogen-bond donors (Lipinski definition) is 5. The van der Waals surface area contributed by atoms with Gasteiger partial charge in [-0.25, -0.2) is 5.84 Å². The first kappa shape index (κ1) is 22.9. The summed E-state index contributed by atoms with van der Waals surface area (Å²) in [6, 6.07) is 15.5. The molecule has 0 aliphatic heterocycles. The van der Waals surface area contributed by atoms with E-state index in [-0.39, 0.29) is 6.54 Å². The zero-order chi connectivity index (χ0) is 21.9. The highest BCUT2D eigenvalue weighted by molar-refractivity contribution is 5.91. The zero-order valence-corrected chi connectivity index (χ0v) is 16.8. The lowest BCUT2D eigenvalue weighted by Gasteiger charge is -2.17. The average molecular weight is 413 g/mol. The second-order valence-corrected chi connectivity index (χ2v) is 6.74. The first-order chi connectivity index (χ1) is 14.4. The van der Waals surface area contributed by atoms with Gasteiger partial charge in [0, 0.05) is 0 Å². The molecule has 0 saturated carbocycles. The van der Waals surface area contributed by atoms with Crippen LogP contribution in [-0.2, 0) is 27.4 Å². The molecule has 2 atom stereocenters. The Bertz CT molecular complexity index is 842. The minimum absolute atomic E-state index is 0.277. The largest absolute Gasteiger partial charge is 0.489 e. The van der Waals surface area contributed by atoms with E-state index >= 15 is 0 Å². The van der Waals surface area contributed by atoms with Crippen molar-refractivity contribution in [2.75, 3.05) is 6.54 Å². The Morgan fingerprint density at radius 1 is 0.967 bits per heavy atom. The van der Waals surface area contributed by atoms with Crippen LogP contribution in [0.2, 0.25) is 0 Å².